The largest absolute Gasteiger partial charge is 0.375 e. The van der Waals surface area contributed by atoms with E-state index in [2.05, 4.69) is 10.1 Å². The van der Waals surface area contributed by atoms with Crippen LogP contribution in [0.4, 0.5) is 8.78 Å². The lowest BCUT2D eigenvalue weighted by Crippen LogP contribution is -2.26. The lowest BCUT2D eigenvalue weighted by molar-refractivity contribution is -0.124. The van der Waals surface area contributed by atoms with Crippen LogP contribution in [0, 0.1) is 11.6 Å². The summed E-state index contributed by atoms with van der Waals surface area (Å²) in [6.07, 6.45) is 0. The summed E-state index contributed by atoms with van der Waals surface area (Å²) >= 11 is 0. The van der Waals surface area contributed by atoms with Gasteiger partial charge >= 0.3 is 0 Å². The smallest absolute Gasteiger partial charge is 0.246 e. The highest BCUT2D eigenvalue weighted by Gasteiger charge is 2.05. The molecule has 0 heterocycles. The molecule has 3 nitrogen and oxygen atoms in total. The Labute approximate surface area is 86.0 Å². The van der Waals surface area contributed by atoms with Crippen molar-refractivity contribution < 1.29 is 18.3 Å². The van der Waals surface area contributed by atoms with Gasteiger partial charge in [-0.3, -0.25) is 4.79 Å². The number of hydrogen-bond donors (Lipinski definition) is 1. The maximum Gasteiger partial charge on any atom is 0.246 e. The fraction of sp³-hybridized carbons (Fsp3) is 0.300. The van der Waals surface area contributed by atoms with Crippen LogP contribution in [0.2, 0.25) is 0 Å². The Morgan fingerprint density at radius 2 is 2.20 bits per heavy atom. The molecule has 1 rings (SSSR count). The molecule has 0 radical (unpaired) electrons. The van der Waals surface area contributed by atoms with Gasteiger partial charge in [0.25, 0.3) is 0 Å². The number of hydrogen-bond acceptors (Lipinski definition) is 2. The van der Waals surface area contributed by atoms with E-state index in [1.165, 1.54) is 13.2 Å². The summed E-state index contributed by atoms with van der Waals surface area (Å²) in [5.41, 5.74) is 0.237. The van der Waals surface area contributed by atoms with E-state index < -0.39 is 11.6 Å². The number of nitrogens with one attached hydrogen (secondary N) is 1. The predicted molar refractivity (Wildman–Crippen MR) is 50.1 cm³/mol. The Morgan fingerprint density at radius 1 is 1.47 bits per heavy atom. The Kier molecular flexibility index (Phi) is 4.17. The van der Waals surface area contributed by atoms with Crippen LogP contribution in [0.25, 0.3) is 0 Å². The molecule has 5 heteroatoms. The van der Waals surface area contributed by atoms with Crippen molar-refractivity contribution in [3.05, 3.63) is 35.4 Å². The van der Waals surface area contributed by atoms with Crippen molar-refractivity contribution in [1.29, 1.82) is 0 Å². The van der Waals surface area contributed by atoms with Gasteiger partial charge in [0.05, 0.1) is 0 Å². The highest BCUT2D eigenvalue weighted by atomic mass is 19.1. The maximum atomic E-state index is 13.1. The number of rotatable bonds is 4. The van der Waals surface area contributed by atoms with Crippen molar-refractivity contribution in [2.45, 2.75) is 6.54 Å². The number of ether oxygens (including phenoxy) is 1. The van der Waals surface area contributed by atoms with Gasteiger partial charge in [-0.25, -0.2) is 8.78 Å². The summed E-state index contributed by atoms with van der Waals surface area (Å²) in [7, 11) is 1.39. The van der Waals surface area contributed by atoms with E-state index in [1.807, 2.05) is 0 Å². The number of amides is 1. The minimum absolute atomic E-state index is 0.0221. The number of halogens is 2. The molecular formula is C10H11F2NO2. The molecule has 0 bridgehead atoms. The van der Waals surface area contributed by atoms with Crippen LogP contribution in [0.5, 0.6) is 0 Å². The first-order valence-corrected chi connectivity index (χ1v) is 4.33. The third-order valence-corrected chi connectivity index (χ3v) is 1.77. The average molecular weight is 215 g/mol. The SMILES string of the molecule is COCC(=O)NCc1ccc(F)cc1F. The van der Waals surface area contributed by atoms with Crippen molar-refractivity contribution in [2.24, 2.45) is 0 Å². The molecule has 0 aromatic heterocycles. The number of benzene rings is 1. The topological polar surface area (TPSA) is 38.3 Å². The first kappa shape index (κ1) is 11.6. The van der Waals surface area contributed by atoms with Crippen LogP contribution in [0.15, 0.2) is 18.2 Å². The average Bonchev–Trinajstić information content (AvgIpc) is 2.17. The zero-order valence-electron chi connectivity index (χ0n) is 8.22. The van der Waals surface area contributed by atoms with Crippen molar-refractivity contribution >= 4 is 5.91 Å². The predicted octanol–water partition coefficient (Wildman–Crippen LogP) is 1.23. The van der Waals surface area contributed by atoms with Gasteiger partial charge in [-0.05, 0) is 6.07 Å². The van der Waals surface area contributed by atoms with Gasteiger partial charge in [-0.15, -0.1) is 0 Å². The molecule has 0 aliphatic heterocycles. The van der Waals surface area contributed by atoms with Crippen molar-refractivity contribution in [3.63, 3.8) is 0 Å². The van der Waals surface area contributed by atoms with E-state index >= 15 is 0 Å². The summed E-state index contributed by atoms with van der Waals surface area (Å²) in [5, 5.41) is 2.43. The van der Waals surface area contributed by atoms with Gasteiger partial charge in [-0.2, -0.15) is 0 Å². The summed E-state index contributed by atoms with van der Waals surface area (Å²) in [6.45, 7) is -0.0584. The van der Waals surface area contributed by atoms with E-state index in [4.69, 9.17) is 0 Å². The van der Waals surface area contributed by atoms with Crippen molar-refractivity contribution in [3.8, 4) is 0 Å². The fourth-order valence-corrected chi connectivity index (χ4v) is 1.04. The van der Waals surface area contributed by atoms with Gasteiger partial charge in [0.15, 0.2) is 0 Å². The van der Waals surface area contributed by atoms with E-state index in [-0.39, 0.29) is 24.6 Å². The van der Waals surface area contributed by atoms with E-state index in [9.17, 15) is 13.6 Å². The Balaban J connectivity index is 2.54. The van der Waals surface area contributed by atoms with Crippen LogP contribution in [-0.4, -0.2) is 19.6 Å². The van der Waals surface area contributed by atoms with Crippen LogP contribution in [0.1, 0.15) is 5.56 Å². The first-order chi connectivity index (χ1) is 7.13. The molecule has 1 amide bonds. The summed E-state index contributed by atoms with van der Waals surface area (Å²) in [5.74, 6) is -1.66. The fourth-order valence-electron chi connectivity index (χ4n) is 1.04. The maximum absolute atomic E-state index is 13.1. The second kappa shape index (κ2) is 5.41. The molecule has 0 fully saturated rings. The van der Waals surface area contributed by atoms with Crippen LogP contribution < -0.4 is 5.32 Å². The number of methoxy groups -OCH3 is 1. The Hall–Kier alpha value is -1.49. The zero-order valence-corrected chi connectivity index (χ0v) is 8.22. The van der Waals surface area contributed by atoms with Crippen molar-refractivity contribution in [1.82, 2.24) is 5.32 Å². The lowest BCUT2D eigenvalue weighted by atomic mass is 10.2. The molecule has 0 unspecified atom stereocenters. The third-order valence-electron chi connectivity index (χ3n) is 1.77. The monoisotopic (exact) mass is 215 g/mol. The second-order valence-corrected chi connectivity index (χ2v) is 2.95. The molecule has 1 N–H and O–H groups in total. The summed E-state index contributed by atoms with van der Waals surface area (Å²) in [4.78, 5) is 11.0. The van der Waals surface area contributed by atoms with Gasteiger partial charge in [-0.1, -0.05) is 6.07 Å². The normalized spacial score (nSPS) is 10.1. The third kappa shape index (κ3) is 3.63. The highest BCUT2D eigenvalue weighted by molar-refractivity contribution is 5.77. The molecule has 0 aliphatic rings. The molecule has 0 saturated carbocycles. The number of carbonyl (C=O) groups is 1. The van der Waals surface area contributed by atoms with E-state index in [0.29, 0.717) is 0 Å². The molecule has 0 atom stereocenters. The van der Waals surface area contributed by atoms with Crippen LogP contribution in [0.3, 0.4) is 0 Å². The molecule has 15 heavy (non-hydrogen) atoms. The minimum atomic E-state index is -0.673. The zero-order chi connectivity index (χ0) is 11.3. The second-order valence-electron chi connectivity index (χ2n) is 2.95. The Morgan fingerprint density at radius 3 is 2.80 bits per heavy atom. The quantitative estimate of drug-likeness (QED) is 0.820. The van der Waals surface area contributed by atoms with Crippen molar-refractivity contribution in [2.75, 3.05) is 13.7 Å². The standard InChI is InChI=1S/C10H11F2NO2/c1-15-6-10(14)13-5-7-2-3-8(11)4-9(7)12/h2-4H,5-6H2,1H3,(H,13,14). The molecule has 1 aromatic carbocycles. The first-order valence-electron chi connectivity index (χ1n) is 4.33. The summed E-state index contributed by atoms with van der Waals surface area (Å²) < 4.78 is 30.2. The molecule has 1 aromatic rings. The molecule has 0 aliphatic carbocycles. The summed E-state index contributed by atoms with van der Waals surface area (Å²) in [6, 6.07) is 3.20. The molecule has 0 saturated heterocycles. The van der Waals surface area contributed by atoms with Gasteiger partial charge in [0.1, 0.15) is 18.2 Å². The van der Waals surface area contributed by atoms with Gasteiger partial charge in [0, 0.05) is 25.3 Å². The molecule has 0 spiro atoms. The van der Waals surface area contributed by atoms with E-state index in [1.54, 1.807) is 0 Å². The molecule has 82 valence electrons. The van der Waals surface area contributed by atoms with Gasteiger partial charge in [0.2, 0.25) is 5.91 Å². The number of carbonyl (C=O) groups excluding carboxylic acids is 1. The van der Waals surface area contributed by atoms with Crippen LogP contribution >= 0.6 is 0 Å². The highest BCUT2D eigenvalue weighted by Crippen LogP contribution is 2.08. The van der Waals surface area contributed by atoms with E-state index in [0.717, 1.165) is 12.1 Å². The molecular weight excluding hydrogens is 204 g/mol. The van der Waals surface area contributed by atoms with Crippen LogP contribution in [-0.2, 0) is 16.1 Å². The lowest BCUT2D eigenvalue weighted by Gasteiger charge is -2.05. The van der Waals surface area contributed by atoms with Gasteiger partial charge < -0.3 is 10.1 Å². The minimum Gasteiger partial charge on any atom is -0.375 e. The Bertz CT molecular complexity index is 355.